The van der Waals surface area contributed by atoms with Crippen LogP contribution in [0, 0.1) is 0 Å². The Hall–Kier alpha value is -2.31. The van der Waals surface area contributed by atoms with E-state index in [1.165, 1.54) is 16.8 Å². The quantitative estimate of drug-likeness (QED) is 0.741. The van der Waals surface area contributed by atoms with Gasteiger partial charge in [-0.1, -0.05) is 0 Å². The van der Waals surface area contributed by atoms with Gasteiger partial charge in [-0.3, -0.25) is 14.0 Å². The van der Waals surface area contributed by atoms with Gasteiger partial charge in [-0.15, -0.1) is 0 Å². The van der Waals surface area contributed by atoms with Gasteiger partial charge in [0.2, 0.25) is 0 Å². The molecule has 0 bridgehead atoms. The lowest BCUT2D eigenvalue weighted by Gasteiger charge is -2.06. The lowest BCUT2D eigenvalue weighted by atomic mass is 10.5. The van der Waals surface area contributed by atoms with Crippen LogP contribution in [0.2, 0.25) is 0 Å². The average molecular weight is 235 g/mol. The molecule has 2 rings (SSSR count). The molecule has 2 N–H and O–H groups in total. The van der Waals surface area contributed by atoms with Gasteiger partial charge in [-0.05, 0) is 6.07 Å². The number of aromatic nitrogens is 4. The summed E-state index contributed by atoms with van der Waals surface area (Å²) in [6.45, 7) is 0.698. The van der Waals surface area contributed by atoms with Gasteiger partial charge in [-0.25, -0.2) is 4.79 Å². The Kier molecular flexibility index (Phi) is 2.82. The van der Waals surface area contributed by atoms with E-state index < -0.39 is 0 Å². The van der Waals surface area contributed by atoms with Crippen LogP contribution in [0.4, 0.5) is 5.82 Å². The van der Waals surface area contributed by atoms with Crippen LogP contribution in [0.25, 0.3) is 0 Å². The van der Waals surface area contributed by atoms with Crippen molar-refractivity contribution in [3.05, 3.63) is 45.4 Å². The topological polar surface area (TPSA) is 87.8 Å². The molecule has 2 aromatic rings. The van der Waals surface area contributed by atoms with Gasteiger partial charge in [0, 0.05) is 25.5 Å². The molecule has 17 heavy (non-hydrogen) atoms. The molecular weight excluding hydrogens is 222 g/mol. The van der Waals surface area contributed by atoms with E-state index >= 15 is 0 Å². The number of anilines is 1. The van der Waals surface area contributed by atoms with Crippen molar-refractivity contribution < 1.29 is 0 Å². The maximum atomic E-state index is 11.7. The normalized spacial score (nSPS) is 10.6. The van der Waals surface area contributed by atoms with E-state index in [0.29, 0.717) is 12.4 Å². The highest BCUT2D eigenvalue weighted by Gasteiger charge is 2.03. The molecule has 0 spiro atoms. The Balaban J connectivity index is 2.22. The SMILES string of the molecule is Cn1ccc(=O)n(CCn2ccc(N)n2)c1=O. The van der Waals surface area contributed by atoms with Gasteiger partial charge >= 0.3 is 5.69 Å². The van der Waals surface area contributed by atoms with Crippen molar-refractivity contribution in [2.45, 2.75) is 13.1 Å². The lowest BCUT2D eigenvalue weighted by molar-refractivity contribution is 0.497. The van der Waals surface area contributed by atoms with E-state index in [1.807, 2.05) is 0 Å². The summed E-state index contributed by atoms with van der Waals surface area (Å²) in [5.74, 6) is 0.415. The van der Waals surface area contributed by atoms with Crippen LogP contribution in [-0.4, -0.2) is 18.9 Å². The third-order valence-electron chi connectivity index (χ3n) is 2.45. The summed E-state index contributed by atoms with van der Waals surface area (Å²) in [4.78, 5) is 23.2. The zero-order valence-corrected chi connectivity index (χ0v) is 9.41. The van der Waals surface area contributed by atoms with Crippen LogP contribution in [0.15, 0.2) is 34.1 Å². The van der Waals surface area contributed by atoms with E-state index in [-0.39, 0.29) is 17.8 Å². The van der Waals surface area contributed by atoms with Gasteiger partial charge in [0.15, 0.2) is 0 Å². The van der Waals surface area contributed by atoms with Crippen LogP contribution in [0.3, 0.4) is 0 Å². The lowest BCUT2D eigenvalue weighted by Crippen LogP contribution is -2.38. The summed E-state index contributed by atoms with van der Waals surface area (Å²) in [5.41, 5.74) is 4.82. The second-order valence-electron chi connectivity index (χ2n) is 3.70. The minimum Gasteiger partial charge on any atom is -0.382 e. The minimum atomic E-state index is -0.336. The Morgan fingerprint density at radius 3 is 2.65 bits per heavy atom. The number of aryl methyl sites for hydroxylation is 2. The van der Waals surface area contributed by atoms with Crippen molar-refractivity contribution in [2.75, 3.05) is 5.73 Å². The zero-order valence-electron chi connectivity index (χ0n) is 9.41. The molecule has 0 aliphatic rings. The fourth-order valence-electron chi connectivity index (χ4n) is 1.52. The van der Waals surface area contributed by atoms with E-state index in [9.17, 15) is 9.59 Å². The highest BCUT2D eigenvalue weighted by atomic mass is 16.2. The number of hydrogen-bond acceptors (Lipinski definition) is 4. The molecule has 0 amide bonds. The molecule has 0 atom stereocenters. The van der Waals surface area contributed by atoms with Crippen LogP contribution in [0.1, 0.15) is 0 Å². The van der Waals surface area contributed by atoms with E-state index in [2.05, 4.69) is 5.10 Å². The van der Waals surface area contributed by atoms with Crippen molar-refractivity contribution in [2.24, 2.45) is 7.05 Å². The Morgan fingerprint density at radius 1 is 1.24 bits per heavy atom. The van der Waals surface area contributed by atoms with Crippen molar-refractivity contribution in [1.29, 1.82) is 0 Å². The van der Waals surface area contributed by atoms with Gasteiger partial charge in [0.05, 0.1) is 13.1 Å². The Bertz CT molecular complexity index is 637. The molecule has 90 valence electrons. The van der Waals surface area contributed by atoms with Crippen molar-refractivity contribution in [3.63, 3.8) is 0 Å². The summed E-state index contributed by atoms with van der Waals surface area (Å²) in [7, 11) is 1.60. The molecule has 0 radical (unpaired) electrons. The predicted octanol–water partition coefficient (Wildman–Crippen LogP) is -0.974. The molecule has 7 heteroatoms. The highest BCUT2D eigenvalue weighted by Crippen LogP contribution is 1.95. The standard InChI is InChI=1S/C10H13N5O2/c1-13-4-3-9(16)15(10(13)17)7-6-14-5-2-8(11)12-14/h2-5H,6-7H2,1H3,(H2,11,12). The summed E-state index contributed by atoms with van der Waals surface area (Å²) in [5, 5.41) is 3.98. The zero-order chi connectivity index (χ0) is 12.4. The Morgan fingerprint density at radius 2 is 2.00 bits per heavy atom. The fraction of sp³-hybridized carbons (Fsp3) is 0.300. The third-order valence-corrected chi connectivity index (χ3v) is 2.45. The van der Waals surface area contributed by atoms with Gasteiger partial charge in [0.25, 0.3) is 5.56 Å². The molecule has 0 aromatic carbocycles. The second-order valence-corrected chi connectivity index (χ2v) is 3.70. The molecule has 0 unspecified atom stereocenters. The van der Waals surface area contributed by atoms with Crippen molar-refractivity contribution in [1.82, 2.24) is 18.9 Å². The molecule has 0 saturated carbocycles. The molecule has 0 fully saturated rings. The first-order valence-electron chi connectivity index (χ1n) is 5.13. The smallest absolute Gasteiger partial charge is 0.330 e. The number of nitrogen functional groups attached to an aromatic ring is 1. The fourth-order valence-corrected chi connectivity index (χ4v) is 1.52. The molecule has 2 heterocycles. The van der Waals surface area contributed by atoms with Crippen molar-refractivity contribution in [3.8, 4) is 0 Å². The van der Waals surface area contributed by atoms with Gasteiger partial charge in [0.1, 0.15) is 5.82 Å². The monoisotopic (exact) mass is 235 g/mol. The molecule has 7 nitrogen and oxygen atoms in total. The minimum absolute atomic E-state index is 0.271. The van der Waals surface area contributed by atoms with Gasteiger partial charge < -0.3 is 10.3 Å². The van der Waals surface area contributed by atoms with Crippen molar-refractivity contribution >= 4 is 5.82 Å². The first-order valence-corrected chi connectivity index (χ1v) is 5.13. The summed E-state index contributed by atoms with van der Waals surface area (Å²) < 4.78 is 4.12. The largest absolute Gasteiger partial charge is 0.382 e. The summed E-state index contributed by atoms with van der Waals surface area (Å²) >= 11 is 0. The second kappa shape index (κ2) is 4.28. The van der Waals surface area contributed by atoms with E-state index in [1.54, 1.807) is 24.0 Å². The summed E-state index contributed by atoms with van der Waals surface area (Å²) in [6.07, 6.45) is 3.15. The van der Waals surface area contributed by atoms with E-state index in [0.717, 1.165) is 4.57 Å². The third kappa shape index (κ3) is 2.27. The number of hydrogen-bond donors (Lipinski definition) is 1. The first-order chi connectivity index (χ1) is 8.08. The predicted molar refractivity (Wildman–Crippen MR) is 62.6 cm³/mol. The summed E-state index contributed by atoms with van der Waals surface area (Å²) in [6, 6.07) is 3.02. The Labute approximate surface area is 96.7 Å². The number of nitrogens with zero attached hydrogens (tertiary/aromatic N) is 4. The van der Waals surface area contributed by atoms with Gasteiger partial charge in [-0.2, -0.15) is 5.10 Å². The maximum absolute atomic E-state index is 11.7. The van der Waals surface area contributed by atoms with Crippen LogP contribution >= 0.6 is 0 Å². The van der Waals surface area contributed by atoms with E-state index in [4.69, 9.17) is 5.73 Å². The van der Waals surface area contributed by atoms with Crippen LogP contribution in [-0.2, 0) is 20.1 Å². The van der Waals surface area contributed by atoms with Crippen LogP contribution < -0.4 is 17.0 Å². The maximum Gasteiger partial charge on any atom is 0.330 e. The highest BCUT2D eigenvalue weighted by molar-refractivity contribution is 5.23. The number of nitrogens with two attached hydrogens (primary N) is 1. The molecule has 2 aromatic heterocycles. The number of rotatable bonds is 3. The van der Waals surface area contributed by atoms with Crippen LogP contribution in [0.5, 0.6) is 0 Å². The molecular formula is C10H13N5O2. The average Bonchev–Trinajstić information content (AvgIpc) is 2.70. The molecule has 0 aliphatic carbocycles. The first kappa shape index (κ1) is 11.2. The molecule has 0 aliphatic heterocycles. The molecule has 0 saturated heterocycles.